The van der Waals surface area contributed by atoms with Gasteiger partial charge >= 0.3 is 0 Å². The van der Waals surface area contributed by atoms with Gasteiger partial charge in [0.15, 0.2) is 23.3 Å². The number of fused-ring (bicyclic) bond motifs is 1. The van der Waals surface area contributed by atoms with Crippen LogP contribution < -0.4 is 4.90 Å². The summed E-state index contributed by atoms with van der Waals surface area (Å²) in [5.41, 5.74) is 0.722. The highest BCUT2D eigenvalue weighted by Crippen LogP contribution is 2.25. The molecule has 1 aromatic carbocycles. The highest BCUT2D eigenvalue weighted by atomic mass is 35.5. The molecule has 0 radical (unpaired) electrons. The lowest BCUT2D eigenvalue weighted by atomic mass is 10.1. The van der Waals surface area contributed by atoms with Gasteiger partial charge in [-0.25, -0.2) is 27.5 Å². The highest BCUT2D eigenvalue weighted by Gasteiger charge is 2.26. The van der Waals surface area contributed by atoms with Gasteiger partial charge in [-0.3, -0.25) is 9.69 Å². The van der Waals surface area contributed by atoms with Crippen LogP contribution in [0.5, 0.6) is 0 Å². The van der Waals surface area contributed by atoms with E-state index in [-0.39, 0.29) is 12.0 Å². The average molecular weight is 374 g/mol. The Morgan fingerprint density at radius 1 is 1.16 bits per heavy atom. The summed E-state index contributed by atoms with van der Waals surface area (Å²) in [4.78, 5) is 21.2. The fourth-order valence-corrected chi connectivity index (χ4v) is 2.84. The van der Waals surface area contributed by atoms with Crippen molar-refractivity contribution in [3.05, 3.63) is 52.4 Å². The van der Waals surface area contributed by atoms with Crippen molar-refractivity contribution in [2.45, 2.75) is 25.8 Å². The number of aryl methyl sites for hydroxylation is 2. The first kappa shape index (κ1) is 17.6. The van der Waals surface area contributed by atoms with Gasteiger partial charge in [-0.15, -0.1) is 11.6 Å². The van der Waals surface area contributed by atoms with Crippen LogP contribution in [0.4, 0.5) is 23.5 Å². The minimum absolute atomic E-state index is 0.105. The van der Waals surface area contributed by atoms with Gasteiger partial charge < -0.3 is 0 Å². The molecule has 0 N–H and O–H groups in total. The molecule has 0 atom stereocenters. The maximum absolute atomic E-state index is 13.9. The number of hydrogen-bond donors (Lipinski definition) is 0. The molecule has 0 bridgehead atoms. The van der Waals surface area contributed by atoms with Gasteiger partial charge in [0.2, 0.25) is 11.9 Å². The first-order valence-corrected chi connectivity index (χ1v) is 7.98. The summed E-state index contributed by atoms with van der Waals surface area (Å²) in [5.74, 6) is -7.64. The number of hydrogen-bond acceptors (Lipinski definition) is 3. The van der Waals surface area contributed by atoms with Gasteiger partial charge in [0.05, 0.1) is 6.54 Å². The van der Waals surface area contributed by atoms with Crippen molar-refractivity contribution in [2.24, 2.45) is 0 Å². The average Bonchev–Trinajstić information content (AvgIpc) is 3.07. The van der Waals surface area contributed by atoms with E-state index >= 15 is 0 Å². The second-order valence-electron chi connectivity index (χ2n) is 5.56. The van der Waals surface area contributed by atoms with E-state index in [1.54, 1.807) is 0 Å². The predicted molar refractivity (Wildman–Crippen MR) is 82.2 cm³/mol. The first-order chi connectivity index (χ1) is 11.9. The Morgan fingerprint density at radius 2 is 1.84 bits per heavy atom. The number of carbonyl (C=O) groups excluding carboxylic acids is 1. The van der Waals surface area contributed by atoms with E-state index in [0.29, 0.717) is 6.42 Å². The van der Waals surface area contributed by atoms with Gasteiger partial charge in [-0.1, -0.05) is 0 Å². The first-order valence-electron chi connectivity index (χ1n) is 7.45. The molecule has 3 rings (SSSR count). The maximum Gasteiger partial charge on any atom is 0.244 e. The summed E-state index contributed by atoms with van der Waals surface area (Å²) in [5, 5.41) is 0. The van der Waals surface area contributed by atoms with Gasteiger partial charge in [0, 0.05) is 23.5 Å². The second-order valence-corrected chi connectivity index (χ2v) is 5.82. The van der Waals surface area contributed by atoms with Crippen molar-refractivity contribution in [3.63, 3.8) is 0 Å². The molecule has 9 heteroatoms. The zero-order valence-electron chi connectivity index (χ0n) is 12.8. The lowest BCUT2D eigenvalue weighted by Gasteiger charge is -2.21. The Kier molecular flexibility index (Phi) is 4.89. The SMILES string of the molecule is O=C(CCl)N(Cc1c(F)c(F)cc(F)c1F)c1ncc2c(n1)CCC2. The second kappa shape index (κ2) is 6.95. The number of halogens is 5. The molecule has 2 aromatic rings. The Labute approximate surface area is 145 Å². The molecule has 1 aliphatic rings. The van der Waals surface area contributed by atoms with Crippen LogP contribution in [0, 0.1) is 23.3 Å². The molecule has 4 nitrogen and oxygen atoms in total. The zero-order chi connectivity index (χ0) is 18.1. The minimum atomic E-state index is -1.58. The Bertz CT molecular complexity index is 820. The molecule has 1 aliphatic carbocycles. The summed E-state index contributed by atoms with van der Waals surface area (Å²) in [7, 11) is 0. The van der Waals surface area contributed by atoms with E-state index in [2.05, 4.69) is 9.97 Å². The number of benzene rings is 1. The van der Waals surface area contributed by atoms with Crippen LogP contribution in [-0.2, 0) is 24.2 Å². The van der Waals surface area contributed by atoms with Crippen LogP contribution in [0.25, 0.3) is 0 Å². The molecule has 0 spiro atoms. The number of amides is 1. The molecular weight excluding hydrogens is 362 g/mol. The minimum Gasteiger partial charge on any atom is -0.275 e. The van der Waals surface area contributed by atoms with Crippen LogP contribution >= 0.6 is 11.6 Å². The topological polar surface area (TPSA) is 46.1 Å². The molecule has 25 heavy (non-hydrogen) atoms. The predicted octanol–water partition coefficient (Wildman–Crippen LogP) is 3.29. The standard InChI is InChI=1S/C16H12ClF4N3O/c17-5-13(25)24(16-22-6-8-2-1-3-12(8)23-16)7-9-14(20)10(18)4-11(19)15(9)21/h4,6H,1-3,5,7H2. The molecule has 0 saturated heterocycles. The molecule has 132 valence electrons. The Balaban J connectivity index is 2.03. The third kappa shape index (κ3) is 3.30. The quantitative estimate of drug-likeness (QED) is 0.469. The Morgan fingerprint density at radius 3 is 2.48 bits per heavy atom. The number of nitrogens with zero attached hydrogens (tertiary/aromatic N) is 3. The van der Waals surface area contributed by atoms with Crippen LogP contribution in [0.15, 0.2) is 12.3 Å². The lowest BCUT2D eigenvalue weighted by Crippen LogP contribution is -2.34. The van der Waals surface area contributed by atoms with E-state index in [1.165, 1.54) is 6.20 Å². The maximum atomic E-state index is 13.9. The third-order valence-electron chi connectivity index (χ3n) is 3.98. The van der Waals surface area contributed by atoms with Crippen LogP contribution in [-0.4, -0.2) is 21.8 Å². The number of carbonyl (C=O) groups is 1. The van der Waals surface area contributed by atoms with Gasteiger partial charge in [0.25, 0.3) is 0 Å². The number of aromatic nitrogens is 2. The van der Waals surface area contributed by atoms with Crippen LogP contribution in [0.1, 0.15) is 23.2 Å². The van der Waals surface area contributed by atoms with E-state index in [4.69, 9.17) is 11.6 Å². The van der Waals surface area contributed by atoms with Crippen molar-refractivity contribution in [1.82, 2.24) is 9.97 Å². The summed E-state index contributed by atoms with van der Waals surface area (Å²) in [6.45, 7) is -0.781. The fourth-order valence-electron chi connectivity index (χ4n) is 2.70. The summed E-state index contributed by atoms with van der Waals surface area (Å²) >= 11 is 5.54. The van der Waals surface area contributed by atoms with Crippen LogP contribution in [0.2, 0.25) is 0 Å². The van der Waals surface area contributed by atoms with Crippen molar-refractivity contribution >= 4 is 23.5 Å². The zero-order valence-corrected chi connectivity index (χ0v) is 13.6. The van der Waals surface area contributed by atoms with Crippen molar-refractivity contribution in [2.75, 3.05) is 10.8 Å². The van der Waals surface area contributed by atoms with Crippen LogP contribution in [0.3, 0.4) is 0 Å². The van der Waals surface area contributed by atoms with E-state index < -0.39 is 47.2 Å². The fraction of sp³-hybridized carbons (Fsp3) is 0.312. The molecule has 1 aromatic heterocycles. The molecule has 1 amide bonds. The van der Waals surface area contributed by atoms with E-state index in [0.717, 1.165) is 29.0 Å². The summed E-state index contributed by atoms with van der Waals surface area (Å²) in [6, 6.07) is 0.105. The normalized spacial score (nSPS) is 13.0. The Hall–Kier alpha value is -2.22. The summed E-state index contributed by atoms with van der Waals surface area (Å²) < 4.78 is 54.6. The molecule has 0 unspecified atom stereocenters. The molecule has 0 aliphatic heterocycles. The van der Waals surface area contributed by atoms with Gasteiger partial charge in [-0.2, -0.15) is 0 Å². The monoisotopic (exact) mass is 373 g/mol. The molecule has 0 saturated carbocycles. The number of alkyl halides is 1. The van der Waals surface area contributed by atoms with Gasteiger partial charge in [0.1, 0.15) is 5.88 Å². The smallest absolute Gasteiger partial charge is 0.244 e. The number of anilines is 1. The van der Waals surface area contributed by atoms with Crippen molar-refractivity contribution in [1.29, 1.82) is 0 Å². The largest absolute Gasteiger partial charge is 0.275 e. The van der Waals surface area contributed by atoms with E-state index in [1.807, 2.05) is 0 Å². The van der Waals surface area contributed by atoms with Gasteiger partial charge in [-0.05, 0) is 24.8 Å². The third-order valence-corrected chi connectivity index (χ3v) is 4.21. The summed E-state index contributed by atoms with van der Waals surface area (Å²) in [6.07, 6.45) is 3.90. The van der Waals surface area contributed by atoms with E-state index in [9.17, 15) is 22.4 Å². The number of rotatable bonds is 4. The molecule has 0 fully saturated rings. The molecular formula is C16H12ClF4N3O. The lowest BCUT2D eigenvalue weighted by molar-refractivity contribution is -0.116. The highest BCUT2D eigenvalue weighted by molar-refractivity contribution is 6.29. The molecule has 1 heterocycles. The van der Waals surface area contributed by atoms with Crippen molar-refractivity contribution in [3.8, 4) is 0 Å². The van der Waals surface area contributed by atoms with Crippen molar-refractivity contribution < 1.29 is 22.4 Å².